The van der Waals surface area contributed by atoms with Crippen LogP contribution in [0.5, 0.6) is 0 Å². The van der Waals surface area contributed by atoms with Gasteiger partial charge in [0, 0.05) is 37.4 Å². The summed E-state index contributed by atoms with van der Waals surface area (Å²) in [7, 11) is 0. The van der Waals surface area contributed by atoms with Crippen LogP contribution in [0.2, 0.25) is 0 Å². The van der Waals surface area contributed by atoms with E-state index in [0.29, 0.717) is 44.0 Å². The molecule has 0 aliphatic carbocycles. The zero-order valence-corrected chi connectivity index (χ0v) is 16.7. The fourth-order valence-electron chi connectivity index (χ4n) is 3.66. The van der Waals surface area contributed by atoms with Crippen LogP contribution < -0.4 is 0 Å². The van der Waals surface area contributed by atoms with Crippen molar-refractivity contribution in [2.24, 2.45) is 0 Å². The quantitative estimate of drug-likeness (QED) is 0.684. The van der Waals surface area contributed by atoms with Gasteiger partial charge in [-0.2, -0.15) is 5.10 Å². The lowest BCUT2D eigenvalue weighted by atomic mass is 10.1. The predicted octanol–water partition coefficient (Wildman–Crippen LogP) is 2.74. The molecule has 1 fully saturated rings. The number of furan rings is 1. The molecule has 1 aromatic carbocycles. The molecule has 0 N–H and O–H groups in total. The molecule has 7 heteroatoms. The van der Waals surface area contributed by atoms with Gasteiger partial charge in [-0.15, -0.1) is 0 Å². The maximum atomic E-state index is 13.0. The Morgan fingerprint density at radius 3 is 2.31 bits per heavy atom. The lowest BCUT2D eigenvalue weighted by Gasteiger charge is -2.34. The van der Waals surface area contributed by atoms with Crippen LogP contribution in [0, 0.1) is 13.8 Å². The van der Waals surface area contributed by atoms with Gasteiger partial charge in [0.15, 0.2) is 5.76 Å². The number of aryl methyl sites for hydroxylation is 2. The van der Waals surface area contributed by atoms with Crippen molar-refractivity contribution in [3.05, 3.63) is 77.0 Å². The molecule has 150 valence electrons. The van der Waals surface area contributed by atoms with Crippen molar-refractivity contribution in [3.63, 3.8) is 0 Å². The average molecular weight is 392 g/mol. The number of aromatic nitrogens is 2. The molecule has 3 heterocycles. The molecule has 1 saturated heterocycles. The summed E-state index contributed by atoms with van der Waals surface area (Å²) in [5.41, 5.74) is 3.77. The largest absolute Gasteiger partial charge is 0.459 e. The minimum absolute atomic E-state index is 0.00897. The molecule has 0 saturated carbocycles. The fraction of sp³-hybridized carbons (Fsp3) is 0.318. The number of nitrogens with zero attached hydrogens (tertiary/aromatic N) is 4. The molecule has 29 heavy (non-hydrogen) atoms. The van der Waals surface area contributed by atoms with Crippen molar-refractivity contribution in [3.8, 4) is 0 Å². The Balaban J connectivity index is 1.40. The summed E-state index contributed by atoms with van der Waals surface area (Å²) in [6.45, 7) is 6.64. The summed E-state index contributed by atoms with van der Waals surface area (Å²) in [4.78, 5) is 28.9. The van der Waals surface area contributed by atoms with E-state index in [0.717, 1.165) is 17.0 Å². The second-order valence-electron chi connectivity index (χ2n) is 7.35. The average Bonchev–Trinajstić information content (AvgIpc) is 3.37. The zero-order chi connectivity index (χ0) is 20.4. The molecule has 0 unspecified atom stereocenters. The molecule has 2 amide bonds. The van der Waals surface area contributed by atoms with Crippen LogP contribution in [0.4, 0.5) is 0 Å². The van der Waals surface area contributed by atoms with Crippen LogP contribution >= 0.6 is 0 Å². The summed E-state index contributed by atoms with van der Waals surface area (Å²) >= 11 is 0. The minimum atomic E-state index is -0.131. The third-order valence-corrected chi connectivity index (χ3v) is 5.20. The van der Waals surface area contributed by atoms with Crippen molar-refractivity contribution < 1.29 is 14.0 Å². The monoisotopic (exact) mass is 392 g/mol. The van der Waals surface area contributed by atoms with Crippen molar-refractivity contribution >= 4 is 11.8 Å². The molecule has 3 aromatic rings. The van der Waals surface area contributed by atoms with E-state index in [2.05, 4.69) is 5.10 Å². The molecule has 7 nitrogen and oxygen atoms in total. The number of amides is 2. The maximum Gasteiger partial charge on any atom is 0.289 e. The number of benzene rings is 1. The standard InChI is InChI=1S/C22H24N4O3/c1-16-13-17(2)26(23-16)15-18-5-3-6-19(14-18)21(27)24-8-10-25(11-9-24)22(28)20-7-4-12-29-20/h3-7,12-14H,8-11,15H2,1-2H3. The molecule has 2 aromatic heterocycles. The molecule has 4 rings (SSSR count). The highest BCUT2D eigenvalue weighted by atomic mass is 16.3. The molecule has 0 spiro atoms. The summed E-state index contributed by atoms with van der Waals surface area (Å²) in [6, 6.07) is 13.1. The van der Waals surface area contributed by atoms with E-state index in [1.807, 2.05) is 48.9 Å². The topological polar surface area (TPSA) is 71.6 Å². The molecule has 0 atom stereocenters. The van der Waals surface area contributed by atoms with Crippen molar-refractivity contribution in [1.29, 1.82) is 0 Å². The van der Waals surface area contributed by atoms with Crippen LogP contribution in [-0.2, 0) is 6.54 Å². The van der Waals surface area contributed by atoms with E-state index < -0.39 is 0 Å². The molecule has 0 radical (unpaired) electrons. The predicted molar refractivity (Wildman–Crippen MR) is 108 cm³/mol. The Bertz CT molecular complexity index is 1010. The third-order valence-electron chi connectivity index (χ3n) is 5.20. The van der Waals surface area contributed by atoms with Crippen LogP contribution in [0.25, 0.3) is 0 Å². The van der Waals surface area contributed by atoms with Gasteiger partial charge in [-0.1, -0.05) is 12.1 Å². The van der Waals surface area contributed by atoms with E-state index >= 15 is 0 Å². The second-order valence-corrected chi connectivity index (χ2v) is 7.35. The van der Waals surface area contributed by atoms with Crippen molar-refractivity contribution in [2.75, 3.05) is 26.2 Å². The second kappa shape index (κ2) is 7.95. The number of piperazine rings is 1. The number of carbonyl (C=O) groups excluding carboxylic acids is 2. The van der Waals surface area contributed by atoms with Gasteiger partial charge >= 0.3 is 0 Å². The fourth-order valence-corrected chi connectivity index (χ4v) is 3.66. The van der Waals surface area contributed by atoms with Gasteiger partial charge < -0.3 is 14.2 Å². The van der Waals surface area contributed by atoms with Crippen LogP contribution in [0.3, 0.4) is 0 Å². The first-order valence-corrected chi connectivity index (χ1v) is 9.73. The SMILES string of the molecule is Cc1cc(C)n(Cc2cccc(C(=O)N3CCN(C(=O)c4ccco4)CC3)c2)n1. The Morgan fingerprint density at radius 1 is 0.966 bits per heavy atom. The van der Waals surface area contributed by atoms with Crippen LogP contribution in [0.15, 0.2) is 53.1 Å². The van der Waals surface area contributed by atoms with E-state index in [9.17, 15) is 9.59 Å². The first kappa shape index (κ1) is 19.0. The molecule has 0 bridgehead atoms. The van der Waals surface area contributed by atoms with Crippen LogP contribution in [-0.4, -0.2) is 57.6 Å². The Kier molecular flexibility index (Phi) is 5.20. The lowest BCUT2D eigenvalue weighted by molar-refractivity contribution is 0.0518. The molecular formula is C22H24N4O3. The van der Waals surface area contributed by atoms with Gasteiger partial charge in [0.25, 0.3) is 11.8 Å². The van der Waals surface area contributed by atoms with Gasteiger partial charge in [0.1, 0.15) is 0 Å². The number of carbonyl (C=O) groups is 2. The number of hydrogen-bond acceptors (Lipinski definition) is 4. The summed E-state index contributed by atoms with van der Waals surface area (Å²) in [6.07, 6.45) is 1.49. The summed E-state index contributed by atoms with van der Waals surface area (Å²) in [5, 5.41) is 4.49. The van der Waals surface area contributed by atoms with E-state index in [-0.39, 0.29) is 11.8 Å². The normalized spacial score (nSPS) is 14.3. The summed E-state index contributed by atoms with van der Waals surface area (Å²) < 4.78 is 7.13. The highest BCUT2D eigenvalue weighted by Crippen LogP contribution is 2.15. The van der Waals surface area contributed by atoms with E-state index in [1.165, 1.54) is 6.26 Å². The van der Waals surface area contributed by atoms with Crippen molar-refractivity contribution in [2.45, 2.75) is 20.4 Å². The molecular weight excluding hydrogens is 368 g/mol. The zero-order valence-electron chi connectivity index (χ0n) is 16.7. The number of hydrogen-bond donors (Lipinski definition) is 0. The van der Waals surface area contributed by atoms with Crippen LogP contribution in [0.1, 0.15) is 37.9 Å². The van der Waals surface area contributed by atoms with E-state index in [1.54, 1.807) is 21.9 Å². The van der Waals surface area contributed by atoms with E-state index in [4.69, 9.17) is 4.42 Å². The Morgan fingerprint density at radius 2 is 1.69 bits per heavy atom. The van der Waals surface area contributed by atoms with Gasteiger partial charge in [0.05, 0.1) is 18.5 Å². The Labute approximate surface area is 169 Å². The highest BCUT2D eigenvalue weighted by Gasteiger charge is 2.26. The first-order chi connectivity index (χ1) is 14.0. The number of rotatable bonds is 4. The lowest BCUT2D eigenvalue weighted by Crippen LogP contribution is -2.50. The van der Waals surface area contributed by atoms with Gasteiger partial charge in [-0.05, 0) is 49.7 Å². The maximum absolute atomic E-state index is 13.0. The summed E-state index contributed by atoms with van der Waals surface area (Å²) in [5.74, 6) is 0.195. The highest BCUT2D eigenvalue weighted by molar-refractivity contribution is 5.95. The van der Waals surface area contributed by atoms with Gasteiger partial charge in [-0.25, -0.2) is 0 Å². The first-order valence-electron chi connectivity index (χ1n) is 9.73. The smallest absolute Gasteiger partial charge is 0.289 e. The Hall–Kier alpha value is -3.35. The van der Waals surface area contributed by atoms with Gasteiger partial charge in [0.2, 0.25) is 0 Å². The van der Waals surface area contributed by atoms with Crippen molar-refractivity contribution in [1.82, 2.24) is 19.6 Å². The minimum Gasteiger partial charge on any atom is -0.459 e. The molecule has 1 aliphatic heterocycles. The molecule has 1 aliphatic rings. The van der Waals surface area contributed by atoms with Gasteiger partial charge in [-0.3, -0.25) is 14.3 Å². The third kappa shape index (κ3) is 4.08.